The third-order valence-electron chi connectivity index (χ3n) is 5.16. The van der Waals surface area contributed by atoms with Crippen molar-refractivity contribution >= 4 is 0 Å². The van der Waals surface area contributed by atoms with Crippen molar-refractivity contribution in [2.24, 2.45) is 5.73 Å². The smallest absolute Gasteiger partial charge is 0.0586 e. The number of nitrogens with zero attached hydrogens (tertiary/aromatic N) is 1. The first-order valence-corrected chi connectivity index (χ1v) is 7.87. The minimum absolute atomic E-state index is 0.135. The zero-order valence-electron chi connectivity index (χ0n) is 12.1. The Hall–Kier alpha value is -0.860. The molecule has 1 atom stereocenters. The van der Waals surface area contributed by atoms with Crippen LogP contribution in [0.5, 0.6) is 0 Å². The molecule has 1 aliphatic carbocycles. The molecule has 1 aromatic carbocycles. The highest BCUT2D eigenvalue weighted by molar-refractivity contribution is 5.40. The number of hydrogen-bond acceptors (Lipinski definition) is 2. The van der Waals surface area contributed by atoms with Crippen LogP contribution in [0.4, 0.5) is 0 Å². The van der Waals surface area contributed by atoms with Crippen LogP contribution in [-0.4, -0.2) is 24.5 Å². The molecule has 1 aromatic rings. The minimum atomic E-state index is 0.135. The van der Waals surface area contributed by atoms with Gasteiger partial charge in [-0.05, 0) is 68.3 Å². The molecule has 0 spiro atoms. The first-order valence-electron chi connectivity index (χ1n) is 7.87. The molecule has 3 rings (SSSR count). The maximum absolute atomic E-state index is 6.26. The van der Waals surface area contributed by atoms with Crippen molar-refractivity contribution in [1.82, 2.24) is 4.90 Å². The van der Waals surface area contributed by atoms with Gasteiger partial charge in [0, 0.05) is 6.54 Å². The number of hydrogen-bond donors (Lipinski definition) is 1. The van der Waals surface area contributed by atoms with Crippen LogP contribution in [0.2, 0.25) is 0 Å². The van der Waals surface area contributed by atoms with Gasteiger partial charge >= 0.3 is 0 Å². The largest absolute Gasteiger partial charge is 0.328 e. The van der Waals surface area contributed by atoms with Crippen molar-refractivity contribution in [3.8, 4) is 0 Å². The van der Waals surface area contributed by atoms with Crippen LogP contribution < -0.4 is 5.73 Å². The summed E-state index contributed by atoms with van der Waals surface area (Å²) in [5.41, 5.74) is 10.9. The Bertz CT molecular complexity index is 449. The van der Waals surface area contributed by atoms with Gasteiger partial charge in [-0.3, -0.25) is 4.90 Å². The fourth-order valence-corrected chi connectivity index (χ4v) is 4.05. The summed E-state index contributed by atoms with van der Waals surface area (Å²) in [6.45, 7) is 5.46. The Morgan fingerprint density at radius 1 is 1.21 bits per heavy atom. The van der Waals surface area contributed by atoms with E-state index in [0.717, 1.165) is 13.0 Å². The van der Waals surface area contributed by atoms with E-state index in [1.54, 1.807) is 5.56 Å². The Balaban J connectivity index is 2.04. The summed E-state index contributed by atoms with van der Waals surface area (Å²) >= 11 is 0. The normalized spacial score (nSPS) is 27.5. The summed E-state index contributed by atoms with van der Waals surface area (Å²) in [5.74, 6) is 0. The number of nitrogens with two attached hydrogens (primary N) is 1. The average molecular weight is 258 g/mol. The van der Waals surface area contributed by atoms with Crippen LogP contribution in [0.15, 0.2) is 18.2 Å². The van der Waals surface area contributed by atoms with E-state index >= 15 is 0 Å². The fraction of sp³-hybridized carbons (Fsp3) is 0.647. The van der Waals surface area contributed by atoms with Gasteiger partial charge in [-0.1, -0.05) is 25.1 Å². The lowest BCUT2D eigenvalue weighted by molar-refractivity contribution is 0.102. The number of benzene rings is 1. The molecule has 19 heavy (non-hydrogen) atoms. The predicted molar refractivity (Wildman–Crippen MR) is 80.3 cm³/mol. The van der Waals surface area contributed by atoms with Gasteiger partial charge in [0.25, 0.3) is 0 Å². The predicted octanol–water partition coefficient (Wildman–Crippen LogP) is 2.84. The Labute approximate surface area is 117 Å². The summed E-state index contributed by atoms with van der Waals surface area (Å²) < 4.78 is 0. The molecular weight excluding hydrogens is 232 g/mol. The van der Waals surface area contributed by atoms with Gasteiger partial charge in [-0.2, -0.15) is 0 Å². The van der Waals surface area contributed by atoms with E-state index in [2.05, 4.69) is 30.0 Å². The second kappa shape index (κ2) is 5.26. The highest BCUT2D eigenvalue weighted by Gasteiger charge is 2.41. The Morgan fingerprint density at radius 3 is 2.68 bits per heavy atom. The Morgan fingerprint density at radius 2 is 2.00 bits per heavy atom. The van der Waals surface area contributed by atoms with Crippen LogP contribution in [0.3, 0.4) is 0 Å². The highest BCUT2D eigenvalue weighted by Crippen LogP contribution is 2.41. The average Bonchev–Trinajstić information content (AvgIpc) is 3.00. The van der Waals surface area contributed by atoms with Crippen LogP contribution in [-0.2, 0) is 18.4 Å². The molecule has 1 heterocycles. The molecule has 0 bridgehead atoms. The highest BCUT2D eigenvalue weighted by atomic mass is 15.2. The summed E-state index contributed by atoms with van der Waals surface area (Å²) in [6, 6.07) is 7.11. The van der Waals surface area contributed by atoms with Crippen LogP contribution in [0, 0.1) is 0 Å². The molecule has 2 N–H and O–H groups in total. The molecule has 1 unspecified atom stereocenters. The SMILES string of the molecule is CCc1ccc2c(c1)CCCC2(CN)N1CCCC1. The van der Waals surface area contributed by atoms with E-state index in [1.165, 1.54) is 56.3 Å². The number of rotatable bonds is 3. The minimum Gasteiger partial charge on any atom is -0.328 e. The lowest BCUT2D eigenvalue weighted by atomic mass is 9.75. The Kier molecular flexibility index (Phi) is 3.64. The fourth-order valence-electron chi connectivity index (χ4n) is 4.05. The molecule has 0 saturated carbocycles. The molecule has 1 aliphatic heterocycles. The quantitative estimate of drug-likeness (QED) is 0.903. The van der Waals surface area contributed by atoms with Crippen molar-refractivity contribution in [3.63, 3.8) is 0 Å². The van der Waals surface area contributed by atoms with Gasteiger partial charge in [0.15, 0.2) is 0 Å². The molecule has 0 radical (unpaired) electrons. The molecule has 0 aromatic heterocycles. The second-order valence-electron chi connectivity index (χ2n) is 6.13. The molecule has 1 fully saturated rings. The molecule has 104 valence electrons. The van der Waals surface area contributed by atoms with Gasteiger partial charge in [-0.25, -0.2) is 0 Å². The first-order chi connectivity index (χ1) is 9.30. The number of likely N-dealkylation sites (tertiary alicyclic amines) is 1. The van der Waals surface area contributed by atoms with Gasteiger partial charge < -0.3 is 5.73 Å². The summed E-state index contributed by atoms with van der Waals surface area (Å²) in [6.07, 6.45) is 7.56. The summed E-state index contributed by atoms with van der Waals surface area (Å²) in [5, 5.41) is 0. The van der Waals surface area contributed by atoms with Crippen molar-refractivity contribution < 1.29 is 0 Å². The summed E-state index contributed by atoms with van der Waals surface area (Å²) in [4.78, 5) is 2.66. The van der Waals surface area contributed by atoms with Crippen molar-refractivity contribution in [3.05, 3.63) is 34.9 Å². The molecule has 2 heteroatoms. The zero-order valence-corrected chi connectivity index (χ0v) is 12.1. The zero-order chi connectivity index (χ0) is 13.3. The van der Waals surface area contributed by atoms with E-state index in [1.807, 2.05) is 0 Å². The lowest BCUT2D eigenvalue weighted by Crippen LogP contribution is -2.51. The van der Waals surface area contributed by atoms with E-state index in [4.69, 9.17) is 5.73 Å². The molecular formula is C17H26N2. The standard InChI is InChI=1S/C17H26N2/c1-2-14-7-8-16-15(12-14)6-5-9-17(16,13-18)19-10-3-4-11-19/h7-8,12H,2-6,9-11,13,18H2,1H3. The van der Waals surface area contributed by atoms with Crippen molar-refractivity contribution in [2.75, 3.05) is 19.6 Å². The second-order valence-corrected chi connectivity index (χ2v) is 6.13. The first kappa shape index (κ1) is 13.1. The van der Waals surface area contributed by atoms with E-state index < -0.39 is 0 Å². The van der Waals surface area contributed by atoms with Gasteiger partial charge in [0.2, 0.25) is 0 Å². The maximum Gasteiger partial charge on any atom is 0.0586 e. The van der Waals surface area contributed by atoms with Crippen LogP contribution in [0.1, 0.15) is 49.3 Å². The van der Waals surface area contributed by atoms with E-state index in [9.17, 15) is 0 Å². The van der Waals surface area contributed by atoms with Crippen molar-refractivity contribution in [1.29, 1.82) is 0 Å². The van der Waals surface area contributed by atoms with E-state index in [-0.39, 0.29) is 5.54 Å². The molecule has 2 aliphatic rings. The molecule has 0 amide bonds. The summed E-state index contributed by atoms with van der Waals surface area (Å²) in [7, 11) is 0. The molecule has 2 nitrogen and oxygen atoms in total. The third kappa shape index (κ3) is 2.11. The number of aryl methyl sites for hydroxylation is 2. The lowest BCUT2D eigenvalue weighted by Gasteiger charge is -2.45. The third-order valence-corrected chi connectivity index (χ3v) is 5.16. The van der Waals surface area contributed by atoms with Crippen molar-refractivity contribution in [2.45, 2.75) is 51.0 Å². The van der Waals surface area contributed by atoms with Gasteiger partial charge in [0.05, 0.1) is 5.54 Å². The van der Waals surface area contributed by atoms with Crippen LogP contribution in [0.25, 0.3) is 0 Å². The molecule has 1 saturated heterocycles. The van der Waals surface area contributed by atoms with Crippen LogP contribution >= 0.6 is 0 Å². The topological polar surface area (TPSA) is 29.3 Å². The van der Waals surface area contributed by atoms with Gasteiger partial charge in [0.1, 0.15) is 0 Å². The number of fused-ring (bicyclic) bond motifs is 1. The van der Waals surface area contributed by atoms with E-state index in [0.29, 0.717) is 0 Å². The monoisotopic (exact) mass is 258 g/mol. The van der Waals surface area contributed by atoms with Gasteiger partial charge in [-0.15, -0.1) is 0 Å². The maximum atomic E-state index is 6.26.